The predicted molar refractivity (Wildman–Crippen MR) is 68.2 cm³/mol. The fraction of sp³-hybridized carbons (Fsp3) is 0.500. The molecule has 1 atom stereocenters. The first-order chi connectivity index (χ1) is 7.74. The molecule has 16 heavy (non-hydrogen) atoms. The van der Waals surface area contributed by atoms with E-state index in [2.05, 4.69) is 23.0 Å². The molecule has 1 unspecified atom stereocenters. The van der Waals surface area contributed by atoms with Crippen molar-refractivity contribution in [3.63, 3.8) is 0 Å². The monoisotopic (exact) mass is 252 g/mol. The largest absolute Gasteiger partial charge is 0.241 e. The van der Waals surface area contributed by atoms with E-state index in [-0.39, 0.29) is 5.38 Å². The molecule has 0 aliphatic heterocycles. The number of nitrogens with zero attached hydrogens (tertiary/aromatic N) is 2. The van der Waals surface area contributed by atoms with Crippen LogP contribution in [-0.2, 0) is 6.42 Å². The highest BCUT2D eigenvalue weighted by molar-refractivity contribution is 7.18. The molecular formula is C12H13ClN2S. The van der Waals surface area contributed by atoms with Crippen molar-refractivity contribution in [2.75, 3.05) is 0 Å². The third-order valence-electron chi connectivity index (χ3n) is 3.06. The van der Waals surface area contributed by atoms with Gasteiger partial charge in [0.05, 0.1) is 5.69 Å². The second-order valence-electron chi connectivity index (χ2n) is 4.45. The highest BCUT2D eigenvalue weighted by Gasteiger charge is 2.30. The summed E-state index contributed by atoms with van der Waals surface area (Å²) in [5.41, 5.74) is 1.11. The summed E-state index contributed by atoms with van der Waals surface area (Å²) in [6.45, 7) is 2.11. The van der Waals surface area contributed by atoms with Gasteiger partial charge in [0.1, 0.15) is 11.2 Å². The van der Waals surface area contributed by atoms with Crippen LogP contribution < -0.4 is 0 Å². The predicted octanol–water partition coefficient (Wildman–Crippen LogP) is 3.56. The quantitative estimate of drug-likeness (QED) is 0.781. The fourth-order valence-electron chi connectivity index (χ4n) is 2.00. The van der Waals surface area contributed by atoms with Gasteiger partial charge < -0.3 is 0 Å². The number of aryl methyl sites for hydroxylation is 1. The van der Waals surface area contributed by atoms with Gasteiger partial charge in [0, 0.05) is 22.1 Å². The van der Waals surface area contributed by atoms with Crippen LogP contribution in [0.25, 0.3) is 10.2 Å². The zero-order chi connectivity index (χ0) is 11.1. The van der Waals surface area contributed by atoms with Crippen LogP contribution in [0.2, 0.25) is 0 Å². The SMILES string of the molecule is Cc1cc2c(CC(Cl)C3CC3)ncnc2s1. The Balaban J connectivity index is 1.95. The van der Waals surface area contributed by atoms with E-state index >= 15 is 0 Å². The summed E-state index contributed by atoms with van der Waals surface area (Å²) in [4.78, 5) is 11.0. The Kier molecular flexibility index (Phi) is 2.60. The fourth-order valence-corrected chi connectivity index (χ4v) is 3.26. The molecule has 0 amide bonds. The molecule has 0 N–H and O–H groups in total. The van der Waals surface area contributed by atoms with Gasteiger partial charge in [-0.1, -0.05) is 0 Å². The third kappa shape index (κ3) is 1.94. The van der Waals surface area contributed by atoms with E-state index in [1.807, 2.05) is 0 Å². The number of fused-ring (bicyclic) bond motifs is 1. The van der Waals surface area contributed by atoms with E-state index in [1.54, 1.807) is 17.7 Å². The molecule has 84 valence electrons. The summed E-state index contributed by atoms with van der Waals surface area (Å²) in [5, 5.41) is 1.44. The maximum atomic E-state index is 6.36. The molecule has 0 spiro atoms. The summed E-state index contributed by atoms with van der Waals surface area (Å²) in [5.74, 6) is 0.714. The van der Waals surface area contributed by atoms with E-state index in [1.165, 1.54) is 23.1 Å². The first-order valence-electron chi connectivity index (χ1n) is 5.58. The molecule has 0 aromatic carbocycles. The van der Waals surface area contributed by atoms with Gasteiger partial charge in [-0.2, -0.15) is 0 Å². The Hall–Kier alpha value is -0.670. The van der Waals surface area contributed by atoms with Crippen LogP contribution in [0.15, 0.2) is 12.4 Å². The van der Waals surface area contributed by atoms with Gasteiger partial charge in [0.15, 0.2) is 0 Å². The molecule has 4 heteroatoms. The third-order valence-corrected chi connectivity index (χ3v) is 4.53. The number of thiophene rings is 1. The molecule has 1 saturated carbocycles. The summed E-state index contributed by atoms with van der Waals surface area (Å²) >= 11 is 8.09. The van der Waals surface area contributed by atoms with Crippen LogP contribution >= 0.6 is 22.9 Å². The van der Waals surface area contributed by atoms with Crippen molar-refractivity contribution < 1.29 is 0 Å². The maximum Gasteiger partial charge on any atom is 0.127 e. The van der Waals surface area contributed by atoms with Gasteiger partial charge in [-0.05, 0) is 31.7 Å². The van der Waals surface area contributed by atoms with Gasteiger partial charge in [-0.25, -0.2) is 9.97 Å². The molecule has 2 aromatic heterocycles. The van der Waals surface area contributed by atoms with Gasteiger partial charge in [-0.3, -0.25) is 0 Å². The molecule has 2 heterocycles. The van der Waals surface area contributed by atoms with Crippen LogP contribution in [0.1, 0.15) is 23.4 Å². The van der Waals surface area contributed by atoms with Gasteiger partial charge >= 0.3 is 0 Å². The van der Waals surface area contributed by atoms with Crippen LogP contribution in [-0.4, -0.2) is 15.3 Å². The van der Waals surface area contributed by atoms with Gasteiger partial charge in [0.25, 0.3) is 0 Å². The van der Waals surface area contributed by atoms with Gasteiger partial charge in [-0.15, -0.1) is 22.9 Å². The topological polar surface area (TPSA) is 25.8 Å². The Morgan fingerprint density at radius 2 is 2.31 bits per heavy atom. The molecule has 1 fully saturated rings. The number of hydrogen-bond acceptors (Lipinski definition) is 3. The van der Waals surface area contributed by atoms with Crippen molar-refractivity contribution in [1.82, 2.24) is 9.97 Å². The summed E-state index contributed by atoms with van der Waals surface area (Å²) < 4.78 is 0. The molecule has 2 nitrogen and oxygen atoms in total. The number of halogens is 1. The molecule has 2 aromatic rings. The Labute approximate surface area is 104 Å². The van der Waals surface area contributed by atoms with Crippen molar-refractivity contribution in [3.8, 4) is 0 Å². The Morgan fingerprint density at radius 3 is 3.06 bits per heavy atom. The lowest BCUT2D eigenvalue weighted by Gasteiger charge is -2.07. The minimum atomic E-state index is 0.248. The zero-order valence-electron chi connectivity index (χ0n) is 9.11. The second-order valence-corrected chi connectivity index (χ2v) is 6.25. The van der Waals surface area contributed by atoms with Crippen LogP contribution in [0.5, 0.6) is 0 Å². The lowest BCUT2D eigenvalue weighted by molar-refractivity contribution is 0.727. The van der Waals surface area contributed by atoms with Crippen LogP contribution in [0.4, 0.5) is 0 Å². The van der Waals surface area contributed by atoms with Crippen LogP contribution in [0, 0.1) is 12.8 Å². The average Bonchev–Trinajstić information content (AvgIpc) is 3.01. The second kappa shape index (κ2) is 3.97. The Morgan fingerprint density at radius 1 is 1.50 bits per heavy atom. The minimum Gasteiger partial charge on any atom is -0.241 e. The van der Waals surface area contributed by atoms with Crippen molar-refractivity contribution in [1.29, 1.82) is 0 Å². The standard InChI is InChI=1S/C12H13ClN2S/c1-7-4-9-11(5-10(13)8-2-3-8)14-6-15-12(9)16-7/h4,6,8,10H,2-3,5H2,1H3. The van der Waals surface area contributed by atoms with Crippen molar-refractivity contribution >= 4 is 33.2 Å². The molecule has 0 saturated heterocycles. The molecule has 0 radical (unpaired) electrons. The van der Waals surface area contributed by atoms with E-state index in [4.69, 9.17) is 11.6 Å². The van der Waals surface area contributed by atoms with Crippen molar-refractivity contribution in [2.24, 2.45) is 5.92 Å². The highest BCUT2D eigenvalue weighted by atomic mass is 35.5. The van der Waals surface area contributed by atoms with E-state index in [0.29, 0.717) is 5.92 Å². The zero-order valence-corrected chi connectivity index (χ0v) is 10.7. The minimum absolute atomic E-state index is 0.248. The first kappa shape index (κ1) is 10.5. The normalized spacial score (nSPS) is 17.9. The number of aromatic nitrogens is 2. The van der Waals surface area contributed by atoms with E-state index < -0.39 is 0 Å². The smallest absolute Gasteiger partial charge is 0.127 e. The lowest BCUT2D eigenvalue weighted by atomic mass is 10.1. The van der Waals surface area contributed by atoms with Crippen molar-refractivity contribution in [2.45, 2.75) is 31.6 Å². The number of hydrogen-bond donors (Lipinski definition) is 0. The average molecular weight is 253 g/mol. The molecule has 1 aliphatic carbocycles. The molecule has 1 aliphatic rings. The molecule has 0 bridgehead atoms. The summed E-state index contributed by atoms with van der Waals surface area (Å²) in [6, 6.07) is 2.17. The molecular weight excluding hydrogens is 240 g/mol. The Bertz CT molecular complexity index is 519. The van der Waals surface area contributed by atoms with E-state index in [9.17, 15) is 0 Å². The van der Waals surface area contributed by atoms with Crippen LogP contribution in [0.3, 0.4) is 0 Å². The summed E-state index contributed by atoms with van der Waals surface area (Å²) in [7, 11) is 0. The molecule has 3 rings (SSSR count). The van der Waals surface area contributed by atoms with E-state index in [0.717, 1.165) is 16.9 Å². The summed E-state index contributed by atoms with van der Waals surface area (Å²) in [6.07, 6.45) is 5.10. The highest BCUT2D eigenvalue weighted by Crippen LogP contribution is 2.38. The lowest BCUT2D eigenvalue weighted by Crippen LogP contribution is -2.07. The van der Waals surface area contributed by atoms with Crippen molar-refractivity contribution in [3.05, 3.63) is 23.0 Å². The number of alkyl halides is 1. The maximum absolute atomic E-state index is 6.36. The van der Waals surface area contributed by atoms with Gasteiger partial charge in [0.2, 0.25) is 0 Å². The number of rotatable bonds is 3. The first-order valence-corrected chi connectivity index (χ1v) is 6.83.